The third kappa shape index (κ3) is 6.56. The number of alkyl halides is 2. The van der Waals surface area contributed by atoms with Crippen molar-refractivity contribution in [3.05, 3.63) is 63.4 Å². The lowest BCUT2D eigenvalue weighted by molar-refractivity contribution is -0.149. The summed E-state index contributed by atoms with van der Waals surface area (Å²) in [4.78, 5) is 37.8. The van der Waals surface area contributed by atoms with Crippen LogP contribution >= 0.6 is 7.75 Å². The summed E-state index contributed by atoms with van der Waals surface area (Å²) in [5.41, 5.74) is -5.01. The third-order valence-corrected chi connectivity index (χ3v) is 7.37. The summed E-state index contributed by atoms with van der Waals surface area (Å²) < 4.78 is 65.7. The molecule has 210 valence electrons. The first-order valence-corrected chi connectivity index (χ1v) is 13.2. The van der Waals surface area contributed by atoms with Crippen LogP contribution < -0.4 is 20.9 Å². The maximum absolute atomic E-state index is 15.7. The SMILES string of the molecule is CC(C)OC(=O)[C@H](C)N[P@](=O)(Oc1ccccc1)O[C@@H](C)[C@H]1O[C@@H](n2ccc(=O)[nH]c2=O)[C@@](F)(CF)C1O. The number of halogens is 2. The van der Waals surface area contributed by atoms with Crippen LogP contribution in [0.2, 0.25) is 0 Å². The molecule has 1 fully saturated rings. The van der Waals surface area contributed by atoms with Crippen LogP contribution in [0.15, 0.2) is 52.2 Å². The number of aromatic nitrogens is 2. The highest BCUT2D eigenvalue weighted by molar-refractivity contribution is 7.52. The molecule has 3 N–H and O–H groups in total. The second-order valence-corrected chi connectivity index (χ2v) is 10.7. The van der Waals surface area contributed by atoms with Gasteiger partial charge in [-0.25, -0.2) is 18.1 Å². The van der Waals surface area contributed by atoms with Gasteiger partial charge in [0.05, 0.1) is 12.2 Å². The summed E-state index contributed by atoms with van der Waals surface area (Å²) in [5, 5.41) is 13.1. The van der Waals surface area contributed by atoms with E-state index in [0.29, 0.717) is 4.57 Å². The van der Waals surface area contributed by atoms with Crippen LogP contribution in [-0.2, 0) is 23.4 Å². The number of carbonyl (C=O) groups excluding carboxylic acids is 1. The lowest BCUT2D eigenvalue weighted by atomic mass is 9.95. The van der Waals surface area contributed by atoms with Gasteiger partial charge in [0.15, 0.2) is 6.23 Å². The number of benzene rings is 1. The van der Waals surface area contributed by atoms with Crippen LogP contribution in [0.25, 0.3) is 0 Å². The highest BCUT2D eigenvalue weighted by atomic mass is 31.2. The van der Waals surface area contributed by atoms with Crippen molar-refractivity contribution < 1.29 is 41.8 Å². The Morgan fingerprint density at radius 3 is 2.47 bits per heavy atom. The average Bonchev–Trinajstić information content (AvgIpc) is 3.10. The molecule has 38 heavy (non-hydrogen) atoms. The first kappa shape index (κ1) is 29.7. The van der Waals surface area contributed by atoms with E-state index < -0.39 is 74.0 Å². The van der Waals surface area contributed by atoms with Gasteiger partial charge >= 0.3 is 19.4 Å². The van der Waals surface area contributed by atoms with Gasteiger partial charge < -0.3 is 19.1 Å². The molecular weight excluding hydrogens is 531 g/mol. The van der Waals surface area contributed by atoms with Crippen molar-refractivity contribution in [2.75, 3.05) is 6.67 Å². The van der Waals surface area contributed by atoms with Crippen LogP contribution in [0.1, 0.15) is 33.9 Å². The zero-order valence-electron chi connectivity index (χ0n) is 21.1. The van der Waals surface area contributed by atoms with Crippen LogP contribution in [-0.4, -0.2) is 63.4 Å². The Kier molecular flexibility index (Phi) is 9.26. The summed E-state index contributed by atoms with van der Waals surface area (Å²) >= 11 is 0. The molecule has 0 amide bonds. The number of hydrogen-bond acceptors (Lipinski definition) is 9. The molecule has 2 aromatic rings. The van der Waals surface area contributed by atoms with Gasteiger partial charge in [-0.1, -0.05) is 18.2 Å². The number of H-pyrrole nitrogens is 1. The molecule has 0 radical (unpaired) electrons. The predicted molar refractivity (Wildman–Crippen MR) is 130 cm³/mol. The number of aromatic amines is 1. The predicted octanol–water partition coefficient (Wildman–Crippen LogP) is 1.99. The Bertz CT molecular complexity index is 1270. The minimum atomic E-state index is -4.46. The van der Waals surface area contributed by atoms with Crippen LogP contribution in [0.4, 0.5) is 8.78 Å². The van der Waals surface area contributed by atoms with E-state index in [-0.39, 0.29) is 5.75 Å². The van der Waals surface area contributed by atoms with Crippen molar-refractivity contribution in [1.29, 1.82) is 0 Å². The fourth-order valence-electron chi connectivity index (χ4n) is 3.78. The minimum absolute atomic E-state index is 0.0918. The molecule has 3 rings (SSSR count). The van der Waals surface area contributed by atoms with Gasteiger partial charge in [-0.15, -0.1) is 0 Å². The molecule has 1 aliphatic heterocycles. The second-order valence-electron chi connectivity index (χ2n) is 9.02. The number of nitrogens with one attached hydrogen (secondary N) is 2. The van der Waals surface area contributed by atoms with Gasteiger partial charge in [-0.3, -0.25) is 23.7 Å². The fraction of sp³-hybridized carbons (Fsp3) is 0.522. The lowest BCUT2D eigenvalue weighted by Crippen LogP contribution is -2.48. The molecule has 7 atom stereocenters. The lowest BCUT2D eigenvalue weighted by Gasteiger charge is -2.29. The number of rotatable bonds is 11. The number of ether oxygens (including phenoxy) is 2. The Hall–Kier alpha value is -2.90. The van der Waals surface area contributed by atoms with Gasteiger partial charge in [0.1, 0.15) is 30.7 Å². The molecule has 0 spiro atoms. The number of carbonyl (C=O) groups is 1. The van der Waals surface area contributed by atoms with Gasteiger partial charge in [0, 0.05) is 12.3 Å². The highest BCUT2D eigenvalue weighted by Crippen LogP contribution is 2.49. The first-order chi connectivity index (χ1) is 17.8. The van der Waals surface area contributed by atoms with Gasteiger partial charge in [-0.2, -0.15) is 5.09 Å². The quantitative estimate of drug-likeness (QED) is 0.274. The number of aliphatic hydroxyl groups excluding tert-OH is 1. The molecule has 12 nitrogen and oxygen atoms in total. The molecule has 0 bridgehead atoms. The molecule has 15 heteroatoms. The van der Waals surface area contributed by atoms with Crippen molar-refractivity contribution in [3.8, 4) is 5.75 Å². The Labute approximate surface area is 216 Å². The zero-order valence-corrected chi connectivity index (χ0v) is 22.0. The summed E-state index contributed by atoms with van der Waals surface area (Å²) in [6.07, 6.45) is -6.86. The summed E-state index contributed by atoms with van der Waals surface area (Å²) in [5.74, 6) is -0.669. The Balaban J connectivity index is 1.89. The highest BCUT2D eigenvalue weighted by Gasteiger charge is 2.61. The number of hydrogen-bond donors (Lipinski definition) is 3. The van der Waals surface area contributed by atoms with Crippen molar-refractivity contribution in [1.82, 2.24) is 14.6 Å². The van der Waals surface area contributed by atoms with Crippen LogP contribution in [0.3, 0.4) is 0 Å². The van der Waals surface area contributed by atoms with Crippen LogP contribution in [0, 0.1) is 0 Å². The topological polar surface area (TPSA) is 158 Å². The van der Waals surface area contributed by atoms with Crippen molar-refractivity contribution in [2.24, 2.45) is 0 Å². The largest absolute Gasteiger partial charge is 0.462 e. The third-order valence-electron chi connectivity index (χ3n) is 5.60. The van der Waals surface area contributed by atoms with E-state index >= 15 is 4.39 Å². The van der Waals surface area contributed by atoms with E-state index in [2.05, 4.69) is 5.09 Å². The zero-order chi connectivity index (χ0) is 28.3. The maximum atomic E-state index is 15.7. The first-order valence-electron chi connectivity index (χ1n) is 11.7. The molecule has 1 aromatic carbocycles. The molecule has 1 aliphatic rings. The van der Waals surface area contributed by atoms with Gasteiger partial charge in [0.25, 0.3) is 5.56 Å². The summed E-state index contributed by atoms with van der Waals surface area (Å²) in [6, 6.07) is 7.50. The number of para-hydroxylation sites is 1. The summed E-state index contributed by atoms with van der Waals surface area (Å²) in [7, 11) is -4.46. The van der Waals surface area contributed by atoms with E-state index in [9.17, 15) is 28.4 Å². The molecule has 0 saturated carbocycles. The molecular formula is C23H30F2N3O9P. The fourth-order valence-corrected chi connectivity index (χ4v) is 5.47. The molecule has 0 aliphatic carbocycles. The van der Waals surface area contributed by atoms with Crippen molar-refractivity contribution in [2.45, 2.75) is 70.0 Å². The van der Waals surface area contributed by atoms with Gasteiger partial charge in [-0.05, 0) is 39.8 Å². The monoisotopic (exact) mass is 561 g/mol. The van der Waals surface area contributed by atoms with Gasteiger partial charge in [0.2, 0.25) is 5.67 Å². The molecule has 1 aromatic heterocycles. The molecule has 2 heterocycles. The number of aliphatic hydroxyl groups is 1. The van der Waals surface area contributed by atoms with E-state index in [4.69, 9.17) is 18.5 Å². The summed E-state index contributed by atoms with van der Waals surface area (Å²) in [6.45, 7) is 4.10. The van der Waals surface area contributed by atoms with Crippen molar-refractivity contribution in [3.63, 3.8) is 0 Å². The van der Waals surface area contributed by atoms with Crippen LogP contribution in [0.5, 0.6) is 5.75 Å². The smallest absolute Gasteiger partial charge is 0.459 e. The molecule has 1 saturated heterocycles. The van der Waals surface area contributed by atoms with E-state index in [1.165, 1.54) is 26.0 Å². The van der Waals surface area contributed by atoms with Crippen molar-refractivity contribution >= 4 is 13.7 Å². The van der Waals surface area contributed by atoms with E-state index in [1.54, 1.807) is 32.0 Å². The minimum Gasteiger partial charge on any atom is -0.462 e. The van der Waals surface area contributed by atoms with E-state index in [1.807, 2.05) is 4.98 Å². The standard InChI is InChI=1S/C23H30F2N3O9P/c1-13(2)34-20(31)14(3)27-38(33,37-16-8-6-5-7-9-16)36-15(4)18-19(30)23(25,12-24)21(35-18)28-11-10-17(29)26-22(28)32/h5-11,13-15,18-19,21,30H,12H2,1-4H3,(H,27,33)(H,26,29,32)/t14-,15-,18+,19?,21+,23+,38+/m0/s1. The van der Waals surface area contributed by atoms with E-state index in [0.717, 1.165) is 12.3 Å². The number of esters is 1. The normalized spacial score (nSPS) is 26.5. The maximum Gasteiger partial charge on any atom is 0.459 e. The Morgan fingerprint density at radius 1 is 1.24 bits per heavy atom. The Morgan fingerprint density at radius 2 is 1.89 bits per heavy atom. The molecule has 1 unspecified atom stereocenters. The second kappa shape index (κ2) is 11.9. The number of nitrogens with zero attached hydrogens (tertiary/aromatic N) is 1. The average molecular weight is 561 g/mol.